The summed E-state index contributed by atoms with van der Waals surface area (Å²) >= 11 is 5.08. The van der Waals surface area contributed by atoms with E-state index in [-0.39, 0.29) is 11.0 Å². The number of rotatable bonds is 3. The number of nitrogens with one attached hydrogen (secondary N) is 1. The van der Waals surface area contributed by atoms with Gasteiger partial charge in [-0.05, 0) is 24.3 Å². The number of urea groups is 1. The van der Waals surface area contributed by atoms with Gasteiger partial charge in [0, 0.05) is 13.1 Å². The van der Waals surface area contributed by atoms with Gasteiger partial charge in [-0.2, -0.15) is 0 Å². The topological polar surface area (TPSA) is 58.4 Å². The standard InChI is InChI=1S/C15H21N3OS/c1-11-7-9-18(10-8-11)15(19)17-13(14(16)20)12-5-3-2-4-6-12/h2-6,11,13H,7-10H2,1H3,(H2,16,20)(H,17,19). The van der Waals surface area contributed by atoms with Gasteiger partial charge < -0.3 is 16.0 Å². The molecular formula is C15H21N3OS. The van der Waals surface area contributed by atoms with Gasteiger partial charge in [-0.15, -0.1) is 0 Å². The Morgan fingerprint density at radius 2 is 1.95 bits per heavy atom. The molecule has 2 amide bonds. The summed E-state index contributed by atoms with van der Waals surface area (Å²) in [6.07, 6.45) is 2.10. The van der Waals surface area contributed by atoms with Crippen molar-refractivity contribution in [2.75, 3.05) is 13.1 Å². The van der Waals surface area contributed by atoms with Crippen LogP contribution < -0.4 is 11.1 Å². The maximum atomic E-state index is 12.3. The zero-order valence-electron chi connectivity index (χ0n) is 11.7. The molecule has 0 saturated carbocycles. The smallest absolute Gasteiger partial charge is 0.318 e. The molecule has 1 aromatic carbocycles. The molecule has 1 aliphatic heterocycles. The first kappa shape index (κ1) is 14.8. The Labute approximate surface area is 125 Å². The highest BCUT2D eigenvalue weighted by molar-refractivity contribution is 7.80. The quantitative estimate of drug-likeness (QED) is 0.841. The van der Waals surface area contributed by atoms with Crippen LogP contribution in [-0.2, 0) is 0 Å². The van der Waals surface area contributed by atoms with Crippen molar-refractivity contribution in [3.63, 3.8) is 0 Å². The number of amides is 2. The minimum atomic E-state index is -0.405. The third-order valence-electron chi connectivity index (χ3n) is 3.76. The van der Waals surface area contributed by atoms with Gasteiger partial charge in [-0.3, -0.25) is 0 Å². The molecule has 20 heavy (non-hydrogen) atoms. The molecule has 3 N–H and O–H groups in total. The highest BCUT2D eigenvalue weighted by Gasteiger charge is 2.24. The Bertz CT molecular complexity index is 469. The third-order valence-corrected chi connectivity index (χ3v) is 3.99. The Morgan fingerprint density at radius 3 is 2.50 bits per heavy atom. The molecule has 1 aromatic rings. The monoisotopic (exact) mass is 291 g/mol. The summed E-state index contributed by atoms with van der Waals surface area (Å²) in [7, 11) is 0. The molecule has 1 saturated heterocycles. The van der Waals surface area contributed by atoms with Crippen LogP contribution >= 0.6 is 12.2 Å². The molecule has 108 valence electrons. The second-order valence-electron chi connectivity index (χ2n) is 5.37. The molecule has 0 spiro atoms. The number of benzene rings is 1. The summed E-state index contributed by atoms with van der Waals surface area (Å²) in [4.78, 5) is 14.4. The van der Waals surface area contributed by atoms with E-state index in [2.05, 4.69) is 12.2 Å². The molecule has 1 fully saturated rings. The van der Waals surface area contributed by atoms with E-state index >= 15 is 0 Å². The predicted molar refractivity (Wildman–Crippen MR) is 84.5 cm³/mol. The number of thiocarbonyl (C=S) groups is 1. The number of carbonyl (C=O) groups is 1. The van der Waals surface area contributed by atoms with Gasteiger partial charge in [-0.25, -0.2) is 4.79 Å². The van der Waals surface area contributed by atoms with Crippen LogP contribution in [0.2, 0.25) is 0 Å². The summed E-state index contributed by atoms with van der Waals surface area (Å²) in [6, 6.07) is 9.10. The fourth-order valence-corrected chi connectivity index (χ4v) is 2.59. The van der Waals surface area contributed by atoms with E-state index in [0.717, 1.165) is 31.5 Å². The molecule has 1 atom stereocenters. The van der Waals surface area contributed by atoms with Crippen molar-refractivity contribution < 1.29 is 4.79 Å². The number of nitrogens with two attached hydrogens (primary N) is 1. The Kier molecular flexibility index (Phi) is 4.95. The van der Waals surface area contributed by atoms with E-state index in [1.807, 2.05) is 35.2 Å². The number of carbonyl (C=O) groups excluding carboxylic acids is 1. The first-order chi connectivity index (χ1) is 9.58. The molecule has 1 unspecified atom stereocenters. The van der Waals surface area contributed by atoms with Crippen LogP contribution in [0.3, 0.4) is 0 Å². The van der Waals surface area contributed by atoms with Crippen LogP contribution in [0.5, 0.6) is 0 Å². The third kappa shape index (κ3) is 3.70. The highest BCUT2D eigenvalue weighted by atomic mass is 32.1. The van der Waals surface area contributed by atoms with Gasteiger partial charge in [0.2, 0.25) is 0 Å². The summed E-state index contributed by atoms with van der Waals surface area (Å²) in [6.45, 7) is 3.81. The summed E-state index contributed by atoms with van der Waals surface area (Å²) in [5.41, 5.74) is 6.68. The Balaban J connectivity index is 2.02. The van der Waals surface area contributed by atoms with E-state index in [1.54, 1.807) is 0 Å². The number of nitrogens with zero attached hydrogens (tertiary/aromatic N) is 1. The minimum absolute atomic E-state index is 0.0847. The van der Waals surface area contributed by atoms with Crippen molar-refractivity contribution in [1.82, 2.24) is 10.2 Å². The largest absolute Gasteiger partial charge is 0.391 e. The van der Waals surface area contributed by atoms with Crippen LogP contribution in [0, 0.1) is 5.92 Å². The predicted octanol–water partition coefficient (Wildman–Crippen LogP) is 2.46. The normalized spacial score (nSPS) is 17.6. The average molecular weight is 291 g/mol. The lowest BCUT2D eigenvalue weighted by Gasteiger charge is -2.31. The zero-order valence-corrected chi connectivity index (χ0v) is 12.5. The Hall–Kier alpha value is -1.62. The molecule has 2 rings (SSSR count). The van der Waals surface area contributed by atoms with Crippen LogP contribution in [0.4, 0.5) is 4.79 Å². The minimum Gasteiger partial charge on any atom is -0.391 e. The van der Waals surface area contributed by atoms with Crippen molar-refractivity contribution in [1.29, 1.82) is 0 Å². The van der Waals surface area contributed by atoms with Gasteiger partial charge in [0.25, 0.3) is 0 Å². The van der Waals surface area contributed by atoms with Crippen LogP contribution in [0.25, 0.3) is 0 Å². The SMILES string of the molecule is CC1CCN(C(=O)NC(C(N)=S)c2ccccc2)CC1. The van der Waals surface area contributed by atoms with E-state index in [1.165, 1.54) is 0 Å². The lowest BCUT2D eigenvalue weighted by molar-refractivity contribution is 0.173. The maximum absolute atomic E-state index is 12.3. The van der Waals surface area contributed by atoms with Crippen LogP contribution in [-0.4, -0.2) is 29.0 Å². The highest BCUT2D eigenvalue weighted by Crippen LogP contribution is 2.18. The van der Waals surface area contributed by atoms with Gasteiger partial charge in [0.15, 0.2) is 0 Å². The summed E-state index contributed by atoms with van der Waals surface area (Å²) in [5, 5.41) is 2.94. The van der Waals surface area contributed by atoms with E-state index in [0.29, 0.717) is 5.92 Å². The molecule has 1 heterocycles. The fourth-order valence-electron chi connectivity index (χ4n) is 2.39. The van der Waals surface area contributed by atoms with Crippen molar-refractivity contribution in [2.24, 2.45) is 11.7 Å². The molecule has 0 aromatic heterocycles. The molecule has 0 radical (unpaired) electrons. The zero-order chi connectivity index (χ0) is 14.5. The first-order valence-electron chi connectivity index (χ1n) is 6.97. The number of likely N-dealkylation sites (tertiary alicyclic amines) is 1. The van der Waals surface area contributed by atoms with Crippen molar-refractivity contribution >= 4 is 23.2 Å². The second kappa shape index (κ2) is 6.70. The lowest BCUT2D eigenvalue weighted by atomic mass is 9.99. The van der Waals surface area contributed by atoms with Gasteiger partial charge in [0.05, 0.1) is 0 Å². The average Bonchev–Trinajstić information content (AvgIpc) is 2.46. The summed E-state index contributed by atoms with van der Waals surface area (Å²) in [5.74, 6) is 0.694. The van der Waals surface area contributed by atoms with Crippen LogP contribution in [0.15, 0.2) is 30.3 Å². The number of hydrogen-bond acceptors (Lipinski definition) is 2. The number of piperidine rings is 1. The Morgan fingerprint density at radius 1 is 1.35 bits per heavy atom. The van der Waals surface area contributed by atoms with E-state index in [4.69, 9.17) is 18.0 Å². The van der Waals surface area contributed by atoms with E-state index in [9.17, 15) is 4.79 Å². The molecule has 0 aliphatic carbocycles. The van der Waals surface area contributed by atoms with Gasteiger partial charge >= 0.3 is 6.03 Å². The maximum Gasteiger partial charge on any atom is 0.318 e. The van der Waals surface area contributed by atoms with Crippen molar-refractivity contribution in [3.8, 4) is 0 Å². The van der Waals surface area contributed by atoms with Crippen molar-refractivity contribution in [2.45, 2.75) is 25.8 Å². The molecule has 4 nitrogen and oxygen atoms in total. The fraction of sp³-hybridized carbons (Fsp3) is 0.467. The summed E-state index contributed by atoms with van der Waals surface area (Å²) < 4.78 is 0. The first-order valence-corrected chi connectivity index (χ1v) is 7.38. The second-order valence-corrected chi connectivity index (χ2v) is 5.84. The van der Waals surface area contributed by atoms with Crippen molar-refractivity contribution in [3.05, 3.63) is 35.9 Å². The molecule has 5 heteroatoms. The van der Waals surface area contributed by atoms with Crippen LogP contribution in [0.1, 0.15) is 31.4 Å². The lowest BCUT2D eigenvalue weighted by Crippen LogP contribution is -2.47. The molecule has 1 aliphatic rings. The van der Waals surface area contributed by atoms with E-state index < -0.39 is 6.04 Å². The number of hydrogen-bond donors (Lipinski definition) is 2. The van der Waals surface area contributed by atoms with Gasteiger partial charge in [-0.1, -0.05) is 49.5 Å². The molecular weight excluding hydrogens is 270 g/mol. The molecule has 0 bridgehead atoms. The van der Waals surface area contributed by atoms with Gasteiger partial charge in [0.1, 0.15) is 11.0 Å².